The van der Waals surface area contributed by atoms with E-state index in [-0.39, 0.29) is 17.8 Å². The van der Waals surface area contributed by atoms with E-state index in [1.165, 1.54) is 6.07 Å². The van der Waals surface area contributed by atoms with E-state index in [1.54, 1.807) is 18.3 Å². The van der Waals surface area contributed by atoms with Crippen molar-refractivity contribution in [2.75, 3.05) is 11.9 Å². The number of aromatic carboxylic acids is 1. The number of nitrogens with zero attached hydrogens (tertiary/aromatic N) is 3. The van der Waals surface area contributed by atoms with Crippen molar-refractivity contribution in [2.45, 2.75) is 18.6 Å². The minimum Gasteiger partial charge on any atom is -0.477 e. The molecule has 3 rings (SSSR count). The molecule has 0 unspecified atom stereocenters. The summed E-state index contributed by atoms with van der Waals surface area (Å²) >= 11 is 0. The molecule has 0 spiro atoms. The number of rotatable bonds is 4. The summed E-state index contributed by atoms with van der Waals surface area (Å²) < 4.78 is 7.67. The minimum atomic E-state index is -1.04. The fraction of sp³-hybridized carbons (Fsp3) is 0.357. The molecule has 0 aromatic carbocycles. The molecular formula is C14H16N4O3. The van der Waals surface area contributed by atoms with Crippen molar-refractivity contribution in [1.82, 2.24) is 14.5 Å². The molecule has 7 heteroatoms. The molecule has 0 bridgehead atoms. The zero-order valence-electron chi connectivity index (χ0n) is 11.6. The number of carbonyl (C=O) groups is 1. The van der Waals surface area contributed by atoms with Crippen LogP contribution in [0.1, 0.15) is 28.8 Å². The van der Waals surface area contributed by atoms with Crippen LogP contribution in [0.2, 0.25) is 0 Å². The average molecular weight is 288 g/mol. The number of aromatic nitrogens is 3. The molecule has 2 aromatic heterocycles. The summed E-state index contributed by atoms with van der Waals surface area (Å²) in [5.74, 6) is 0.339. The van der Waals surface area contributed by atoms with Crippen LogP contribution >= 0.6 is 0 Å². The van der Waals surface area contributed by atoms with Crippen molar-refractivity contribution >= 4 is 11.8 Å². The van der Waals surface area contributed by atoms with E-state index in [2.05, 4.69) is 15.3 Å². The highest BCUT2D eigenvalue weighted by atomic mass is 16.5. The zero-order valence-corrected chi connectivity index (χ0v) is 11.6. The number of hydrogen-bond acceptors (Lipinski definition) is 5. The van der Waals surface area contributed by atoms with E-state index in [1.807, 2.05) is 17.8 Å². The van der Waals surface area contributed by atoms with E-state index in [9.17, 15) is 4.79 Å². The van der Waals surface area contributed by atoms with Crippen LogP contribution in [0.5, 0.6) is 0 Å². The van der Waals surface area contributed by atoms with E-state index < -0.39 is 5.97 Å². The number of hydrogen-bond donors (Lipinski definition) is 2. The van der Waals surface area contributed by atoms with Gasteiger partial charge in [0.2, 0.25) is 0 Å². The van der Waals surface area contributed by atoms with E-state index >= 15 is 0 Å². The summed E-state index contributed by atoms with van der Waals surface area (Å²) in [4.78, 5) is 19.4. The highest BCUT2D eigenvalue weighted by Gasteiger charge is 2.32. The number of pyridine rings is 1. The monoisotopic (exact) mass is 288 g/mol. The van der Waals surface area contributed by atoms with Crippen LogP contribution in [0.15, 0.2) is 30.6 Å². The van der Waals surface area contributed by atoms with Crippen molar-refractivity contribution in [3.8, 4) is 0 Å². The summed E-state index contributed by atoms with van der Waals surface area (Å²) in [5, 5.41) is 12.2. The molecule has 2 aromatic rings. The Morgan fingerprint density at radius 1 is 1.52 bits per heavy atom. The molecule has 1 saturated heterocycles. The Morgan fingerprint density at radius 2 is 2.38 bits per heavy atom. The predicted octanol–water partition coefficient (Wildman–Crippen LogP) is 1.46. The normalized spacial score (nSPS) is 21.4. The number of carboxylic acid groups (broad SMARTS) is 1. The maximum Gasteiger partial charge on any atom is 0.354 e. The highest BCUT2D eigenvalue weighted by Crippen LogP contribution is 2.29. The second-order valence-corrected chi connectivity index (χ2v) is 4.94. The molecular weight excluding hydrogens is 272 g/mol. The molecule has 3 heterocycles. The molecule has 1 aliphatic heterocycles. The summed E-state index contributed by atoms with van der Waals surface area (Å²) in [7, 11) is 1.92. The predicted molar refractivity (Wildman–Crippen MR) is 75.1 cm³/mol. The first-order valence-electron chi connectivity index (χ1n) is 6.71. The summed E-state index contributed by atoms with van der Waals surface area (Å²) in [6, 6.07) is 4.90. The second-order valence-electron chi connectivity index (χ2n) is 4.94. The molecule has 1 fully saturated rings. The Kier molecular flexibility index (Phi) is 3.57. The molecule has 0 amide bonds. The first kappa shape index (κ1) is 13.6. The van der Waals surface area contributed by atoms with Crippen molar-refractivity contribution in [3.05, 3.63) is 42.1 Å². The molecule has 0 aliphatic carbocycles. The fourth-order valence-corrected chi connectivity index (χ4v) is 2.47. The summed E-state index contributed by atoms with van der Waals surface area (Å²) in [5.41, 5.74) is 0.0208. The first-order chi connectivity index (χ1) is 10.1. The second kappa shape index (κ2) is 5.53. The smallest absolute Gasteiger partial charge is 0.354 e. The van der Waals surface area contributed by atoms with E-state index in [4.69, 9.17) is 9.84 Å². The Bertz CT molecular complexity index is 655. The lowest BCUT2D eigenvalue weighted by Gasteiger charge is -2.20. The molecule has 1 aliphatic rings. The maximum atomic E-state index is 11.0. The minimum absolute atomic E-state index is 0.0163. The number of nitrogens with one attached hydrogen (secondary N) is 1. The lowest BCUT2D eigenvalue weighted by molar-refractivity contribution is 0.0690. The zero-order chi connectivity index (χ0) is 14.8. The molecule has 0 radical (unpaired) electrons. The van der Waals surface area contributed by atoms with Gasteiger partial charge in [0.05, 0.1) is 6.04 Å². The lowest BCUT2D eigenvalue weighted by atomic mass is 10.1. The van der Waals surface area contributed by atoms with E-state index in [0.717, 1.165) is 12.2 Å². The Balaban J connectivity index is 1.79. The maximum absolute atomic E-state index is 11.0. The van der Waals surface area contributed by atoms with Gasteiger partial charge in [0.1, 0.15) is 17.7 Å². The first-order valence-corrected chi connectivity index (χ1v) is 6.71. The SMILES string of the molecule is Cn1ccnc1[C@H]1OCC[C@@H]1Nc1cccc(C(=O)O)n1. The van der Waals surface area contributed by atoms with Crippen LogP contribution in [0.25, 0.3) is 0 Å². The number of imidazole rings is 1. The van der Waals surface area contributed by atoms with Gasteiger partial charge in [-0.25, -0.2) is 14.8 Å². The third-order valence-corrected chi connectivity index (χ3v) is 3.51. The van der Waals surface area contributed by atoms with Crippen molar-refractivity contribution in [2.24, 2.45) is 7.05 Å². The van der Waals surface area contributed by atoms with Crippen LogP contribution in [-0.2, 0) is 11.8 Å². The van der Waals surface area contributed by atoms with Crippen molar-refractivity contribution in [1.29, 1.82) is 0 Å². The molecule has 0 saturated carbocycles. The van der Waals surface area contributed by atoms with Gasteiger partial charge in [-0.05, 0) is 18.6 Å². The van der Waals surface area contributed by atoms with Gasteiger partial charge in [-0.1, -0.05) is 6.07 Å². The van der Waals surface area contributed by atoms with Gasteiger partial charge < -0.3 is 19.7 Å². The molecule has 7 nitrogen and oxygen atoms in total. The van der Waals surface area contributed by atoms with Crippen LogP contribution in [0.3, 0.4) is 0 Å². The van der Waals surface area contributed by atoms with Gasteiger partial charge in [-0.2, -0.15) is 0 Å². The standard InChI is InChI=1S/C14H16N4O3/c1-18-7-6-15-13(18)12-9(5-8-21-12)16-11-4-2-3-10(17-11)14(19)20/h2-4,6-7,9,12H,5,8H2,1H3,(H,16,17)(H,19,20)/t9-,12-/m0/s1. The lowest BCUT2D eigenvalue weighted by Crippen LogP contribution is -2.26. The average Bonchev–Trinajstić information content (AvgIpc) is 3.07. The fourth-order valence-electron chi connectivity index (χ4n) is 2.47. The van der Waals surface area contributed by atoms with Crippen LogP contribution in [0, 0.1) is 0 Å². The molecule has 110 valence electrons. The molecule has 2 atom stereocenters. The van der Waals surface area contributed by atoms with Crippen molar-refractivity contribution < 1.29 is 14.6 Å². The molecule has 21 heavy (non-hydrogen) atoms. The Morgan fingerprint density at radius 3 is 3.10 bits per heavy atom. The largest absolute Gasteiger partial charge is 0.477 e. The third-order valence-electron chi connectivity index (χ3n) is 3.51. The van der Waals surface area contributed by atoms with Gasteiger partial charge in [0.25, 0.3) is 0 Å². The van der Waals surface area contributed by atoms with Crippen molar-refractivity contribution in [3.63, 3.8) is 0 Å². The quantitative estimate of drug-likeness (QED) is 0.885. The van der Waals surface area contributed by atoms with Gasteiger partial charge in [-0.15, -0.1) is 0 Å². The van der Waals surface area contributed by atoms with Gasteiger partial charge in [0.15, 0.2) is 5.69 Å². The van der Waals surface area contributed by atoms with Crippen LogP contribution < -0.4 is 5.32 Å². The Labute approximate surface area is 121 Å². The van der Waals surface area contributed by atoms with Gasteiger partial charge >= 0.3 is 5.97 Å². The molecule has 2 N–H and O–H groups in total. The summed E-state index contributed by atoms with van der Waals surface area (Å²) in [6.45, 7) is 0.633. The summed E-state index contributed by atoms with van der Waals surface area (Å²) in [6.07, 6.45) is 4.26. The third kappa shape index (κ3) is 2.73. The topological polar surface area (TPSA) is 89.3 Å². The number of anilines is 1. The van der Waals surface area contributed by atoms with E-state index in [0.29, 0.717) is 12.4 Å². The number of carboxylic acids is 1. The number of ether oxygens (including phenoxy) is 1. The highest BCUT2D eigenvalue weighted by molar-refractivity contribution is 5.85. The number of aryl methyl sites for hydroxylation is 1. The Hall–Kier alpha value is -2.41. The van der Waals surface area contributed by atoms with Crippen LogP contribution in [-0.4, -0.2) is 38.3 Å². The van der Waals surface area contributed by atoms with Gasteiger partial charge in [0, 0.05) is 26.0 Å². The van der Waals surface area contributed by atoms with Crippen LogP contribution in [0.4, 0.5) is 5.82 Å². The van der Waals surface area contributed by atoms with Gasteiger partial charge in [-0.3, -0.25) is 0 Å².